The number of nitrogens with one attached hydrogen (secondary N) is 1. The van der Waals surface area contributed by atoms with Crippen LogP contribution in [-0.4, -0.2) is 59.3 Å². The standard InChI is InChI=1S/C20H27ClN4O2S/c1-5-24(6-2)11-12-25(19(27)16-7-9-17(21)10-8-16)13-18(26)23-20-22-14(3)15(4)28-20/h7-10H,5-6,11-13H2,1-4H3,(H,22,23,26). The summed E-state index contributed by atoms with van der Waals surface area (Å²) in [5.74, 6) is -0.443. The quantitative estimate of drug-likeness (QED) is 0.666. The van der Waals surface area contributed by atoms with Crippen molar-refractivity contribution in [2.75, 3.05) is 38.0 Å². The van der Waals surface area contributed by atoms with E-state index in [2.05, 4.69) is 29.0 Å². The summed E-state index contributed by atoms with van der Waals surface area (Å²) < 4.78 is 0. The molecule has 0 aliphatic rings. The molecular formula is C20H27ClN4O2S. The smallest absolute Gasteiger partial charge is 0.254 e. The van der Waals surface area contributed by atoms with Crippen molar-refractivity contribution in [3.8, 4) is 0 Å². The number of nitrogens with zero attached hydrogens (tertiary/aromatic N) is 3. The molecule has 0 aliphatic heterocycles. The van der Waals surface area contributed by atoms with E-state index in [-0.39, 0.29) is 18.4 Å². The molecule has 0 unspecified atom stereocenters. The van der Waals surface area contributed by atoms with Gasteiger partial charge in [0.05, 0.1) is 5.69 Å². The molecule has 2 amide bonds. The van der Waals surface area contributed by atoms with Crippen LogP contribution in [0.1, 0.15) is 34.8 Å². The van der Waals surface area contributed by atoms with Crippen molar-refractivity contribution in [2.45, 2.75) is 27.7 Å². The Bertz CT molecular complexity index is 784. The molecule has 0 fully saturated rings. The van der Waals surface area contributed by atoms with Gasteiger partial charge >= 0.3 is 0 Å². The van der Waals surface area contributed by atoms with Gasteiger partial charge in [-0.2, -0.15) is 0 Å². The topological polar surface area (TPSA) is 65.5 Å². The lowest BCUT2D eigenvalue weighted by atomic mass is 10.2. The largest absolute Gasteiger partial charge is 0.328 e. The van der Waals surface area contributed by atoms with Gasteiger partial charge in [-0.1, -0.05) is 25.4 Å². The lowest BCUT2D eigenvalue weighted by molar-refractivity contribution is -0.116. The van der Waals surface area contributed by atoms with Crippen molar-refractivity contribution >= 4 is 39.9 Å². The molecule has 0 radical (unpaired) electrons. The van der Waals surface area contributed by atoms with Crippen molar-refractivity contribution in [2.24, 2.45) is 0 Å². The molecule has 1 N–H and O–H groups in total. The number of amides is 2. The van der Waals surface area contributed by atoms with Gasteiger partial charge in [-0.3, -0.25) is 9.59 Å². The zero-order chi connectivity index (χ0) is 20.7. The highest BCUT2D eigenvalue weighted by Gasteiger charge is 2.20. The van der Waals surface area contributed by atoms with E-state index in [0.717, 1.165) is 23.7 Å². The molecule has 6 nitrogen and oxygen atoms in total. The summed E-state index contributed by atoms with van der Waals surface area (Å²) in [5.41, 5.74) is 1.41. The minimum absolute atomic E-state index is 0.0274. The van der Waals surface area contributed by atoms with E-state index < -0.39 is 0 Å². The van der Waals surface area contributed by atoms with Gasteiger partial charge in [-0.25, -0.2) is 4.98 Å². The lowest BCUT2D eigenvalue weighted by Crippen LogP contribution is -2.42. The summed E-state index contributed by atoms with van der Waals surface area (Å²) in [6.07, 6.45) is 0. The highest BCUT2D eigenvalue weighted by molar-refractivity contribution is 7.15. The number of halogens is 1. The number of thiazole rings is 1. The first-order valence-corrected chi connectivity index (χ1v) is 10.5. The molecule has 0 saturated carbocycles. The van der Waals surface area contributed by atoms with Gasteiger partial charge in [0.15, 0.2) is 5.13 Å². The second kappa shape index (κ2) is 10.5. The third kappa shape index (κ3) is 6.29. The fraction of sp³-hybridized carbons (Fsp3) is 0.450. The van der Waals surface area contributed by atoms with E-state index >= 15 is 0 Å². The highest BCUT2D eigenvalue weighted by atomic mass is 35.5. The number of hydrogen-bond acceptors (Lipinski definition) is 5. The average molecular weight is 423 g/mol. The molecule has 0 atom stereocenters. The molecular weight excluding hydrogens is 396 g/mol. The zero-order valence-corrected chi connectivity index (χ0v) is 18.4. The zero-order valence-electron chi connectivity index (χ0n) is 16.8. The van der Waals surface area contributed by atoms with Crippen molar-refractivity contribution in [1.29, 1.82) is 0 Å². The van der Waals surface area contributed by atoms with E-state index in [9.17, 15) is 9.59 Å². The highest BCUT2D eigenvalue weighted by Crippen LogP contribution is 2.21. The first kappa shape index (κ1) is 22.3. The minimum atomic E-state index is -0.254. The van der Waals surface area contributed by atoms with Crippen LogP contribution in [0.4, 0.5) is 5.13 Å². The SMILES string of the molecule is CCN(CC)CCN(CC(=O)Nc1nc(C)c(C)s1)C(=O)c1ccc(Cl)cc1. The molecule has 0 spiro atoms. The van der Waals surface area contributed by atoms with E-state index in [4.69, 9.17) is 11.6 Å². The molecule has 0 saturated heterocycles. The number of carbonyl (C=O) groups excluding carboxylic acids is 2. The van der Waals surface area contributed by atoms with Gasteiger partial charge in [0.25, 0.3) is 5.91 Å². The molecule has 28 heavy (non-hydrogen) atoms. The molecule has 1 aromatic heterocycles. The Balaban J connectivity index is 2.10. The Labute approximate surface area is 175 Å². The number of benzene rings is 1. The Morgan fingerprint density at radius 1 is 1.11 bits per heavy atom. The number of rotatable bonds is 9. The molecule has 2 aromatic rings. The van der Waals surface area contributed by atoms with Gasteiger partial charge in [0.1, 0.15) is 6.54 Å². The fourth-order valence-electron chi connectivity index (χ4n) is 2.69. The maximum Gasteiger partial charge on any atom is 0.254 e. The number of aromatic nitrogens is 1. The normalized spacial score (nSPS) is 10.9. The van der Waals surface area contributed by atoms with Gasteiger partial charge in [-0.05, 0) is 51.2 Å². The summed E-state index contributed by atoms with van der Waals surface area (Å²) in [6.45, 7) is 10.9. The van der Waals surface area contributed by atoms with Crippen LogP contribution in [0.3, 0.4) is 0 Å². The van der Waals surface area contributed by atoms with Crippen LogP contribution in [-0.2, 0) is 4.79 Å². The average Bonchev–Trinajstić information content (AvgIpc) is 2.98. The predicted octanol–water partition coefficient (Wildman–Crippen LogP) is 3.84. The van der Waals surface area contributed by atoms with Gasteiger partial charge < -0.3 is 15.1 Å². The molecule has 8 heteroatoms. The summed E-state index contributed by atoms with van der Waals surface area (Å²) in [4.78, 5) is 34.7. The summed E-state index contributed by atoms with van der Waals surface area (Å²) in [7, 11) is 0. The monoisotopic (exact) mass is 422 g/mol. The Morgan fingerprint density at radius 3 is 2.29 bits per heavy atom. The molecule has 0 bridgehead atoms. The van der Waals surface area contributed by atoms with Crippen molar-refractivity contribution in [3.05, 3.63) is 45.4 Å². The Hall–Kier alpha value is -1.96. The van der Waals surface area contributed by atoms with Gasteiger partial charge in [0, 0.05) is 28.6 Å². The molecule has 152 valence electrons. The third-order valence-corrected chi connectivity index (χ3v) is 5.81. The van der Waals surface area contributed by atoms with Crippen molar-refractivity contribution in [1.82, 2.24) is 14.8 Å². The minimum Gasteiger partial charge on any atom is -0.328 e. The number of hydrogen-bond donors (Lipinski definition) is 1. The van der Waals surface area contributed by atoms with Gasteiger partial charge in [0.2, 0.25) is 5.91 Å². The van der Waals surface area contributed by atoms with E-state index in [1.807, 2.05) is 13.8 Å². The predicted molar refractivity (Wildman–Crippen MR) is 115 cm³/mol. The van der Waals surface area contributed by atoms with E-state index in [0.29, 0.717) is 28.8 Å². The Kier molecular flexibility index (Phi) is 8.41. The van der Waals surface area contributed by atoms with Crippen LogP contribution in [0.5, 0.6) is 0 Å². The van der Waals surface area contributed by atoms with Crippen LogP contribution in [0, 0.1) is 13.8 Å². The number of aryl methyl sites for hydroxylation is 2. The van der Waals surface area contributed by atoms with E-state index in [1.165, 1.54) is 11.3 Å². The second-order valence-corrected chi connectivity index (χ2v) is 8.11. The first-order chi connectivity index (χ1) is 13.3. The van der Waals surface area contributed by atoms with Crippen LogP contribution in [0.15, 0.2) is 24.3 Å². The van der Waals surface area contributed by atoms with Crippen molar-refractivity contribution in [3.63, 3.8) is 0 Å². The fourth-order valence-corrected chi connectivity index (χ4v) is 3.64. The van der Waals surface area contributed by atoms with Crippen LogP contribution in [0.2, 0.25) is 5.02 Å². The first-order valence-electron chi connectivity index (χ1n) is 9.35. The molecule has 1 heterocycles. The van der Waals surface area contributed by atoms with Crippen LogP contribution >= 0.6 is 22.9 Å². The lowest BCUT2D eigenvalue weighted by Gasteiger charge is -2.26. The summed E-state index contributed by atoms with van der Waals surface area (Å²) in [5, 5.41) is 3.93. The summed E-state index contributed by atoms with van der Waals surface area (Å²) >= 11 is 7.36. The molecule has 2 rings (SSSR count). The third-order valence-electron chi connectivity index (χ3n) is 4.57. The Morgan fingerprint density at radius 2 is 1.75 bits per heavy atom. The molecule has 1 aromatic carbocycles. The van der Waals surface area contributed by atoms with Gasteiger partial charge in [-0.15, -0.1) is 11.3 Å². The van der Waals surface area contributed by atoms with E-state index in [1.54, 1.807) is 29.2 Å². The van der Waals surface area contributed by atoms with Crippen LogP contribution < -0.4 is 5.32 Å². The number of carbonyl (C=O) groups is 2. The van der Waals surface area contributed by atoms with Crippen molar-refractivity contribution < 1.29 is 9.59 Å². The summed E-state index contributed by atoms with van der Waals surface area (Å²) in [6, 6.07) is 6.72. The maximum atomic E-state index is 13.0. The number of likely N-dealkylation sites (N-methyl/N-ethyl adjacent to an activating group) is 1. The van der Waals surface area contributed by atoms with Crippen LogP contribution in [0.25, 0.3) is 0 Å². The maximum absolute atomic E-state index is 13.0. The second-order valence-electron chi connectivity index (χ2n) is 6.47. The number of anilines is 1. The molecule has 0 aliphatic carbocycles.